The average molecular weight is 305 g/mol. The Balaban J connectivity index is 3.70. The first-order chi connectivity index (χ1) is 9.74. The van der Waals surface area contributed by atoms with Crippen LogP contribution in [0.2, 0.25) is 0 Å². The molecule has 0 radical (unpaired) electrons. The zero-order valence-corrected chi connectivity index (χ0v) is 14.2. The summed E-state index contributed by atoms with van der Waals surface area (Å²) in [6.45, 7) is 4.36. The number of halogens is 1. The van der Waals surface area contributed by atoms with Crippen molar-refractivity contribution in [2.45, 2.75) is 97.0 Å². The summed E-state index contributed by atoms with van der Waals surface area (Å²) in [6, 6.07) is 0. The van der Waals surface area contributed by atoms with Crippen LogP contribution in [0.1, 0.15) is 90.9 Å². The molecule has 0 saturated heterocycles. The van der Waals surface area contributed by atoms with Crippen LogP contribution in [0.5, 0.6) is 0 Å². The zero-order chi connectivity index (χ0) is 15.1. The molecule has 3 heteroatoms. The average Bonchev–Trinajstić information content (AvgIpc) is 2.45. The van der Waals surface area contributed by atoms with E-state index in [0.717, 1.165) is 50.8 Å². The maximum Gasteiger partial charge on any atom is 0.306 e. The van der Waals surface area contributed by atoms with Gasteiger partial charge < -0.3 is 4.74 Å². The SMILES string of the molecule is CCCCC(CCCC)OC(=O)CCCCCCCCl. The normalized spacial score (nSPS) is 11.0. The van der Waals surface area contributed by atoms with Gasteiger partial charge >= 0.3 is 5.97 Å². The molecule has 0 N–H and O–H groups in total. The van der Waals surface area contributed by atoms with Gasteiger partial charge in [-0.15, -0.1) is 11.6 Å². The topological polar surface area (TPSA) is 26.3 Å². The van der Waals surface area contributed by atoms with Gasteiger partial charge in [-0.3, -0.25) is 4.79 Å². The number of unbranched alkanes of at least 4 members (excludes halogenated alkanes) is 6. The van der Waals surface area contributed by atoms with E-state index in [1.165, 1.54) is 25.7 Å². The van der Waals surface area contributed by atoms with E-state index in [0.29, 0.717) is 6.42 Å². The lowest BCUT2D eigenvalue weighted by Gasteiger charge is -2.17. The summed E-state index contributed by atoms with van der Waals surface area (Å²) >= 11 is 5.63. The second kappa shape index (κ2) is 15.2. The third-order valence-electron chi connectivity index (χ3n) is 3.57. The molecule has 0 rings (SSSR count). The van der Waals surface area contributed by atoms with E-state index in [4.69, 9.17) is 16.3 Å². The van der Waals surface area contributed by atoms with E-state index in [2.05, 4.69) is 13.8 Å². The van der Waals surface area contributed by atoms with Gasteiger partial charge in [0.1, 0.15) is 6.10 Å². The molecule has 20 heavy (non-hydrogen) atoms. The van der Waals surface area contributed by atoms with Crippen LogP contribution in [0.4, 0.5) is 0 Å². The molecule has 0 aliphatic rings. The Morgan fingerprint density at radius 1 is 0.900 bits per heavy atom. The van der Waals surface area contributed by atoms with Crippen LogP contribution in [0.3, 0.4) is 0 Å². The van der Waals surface area contributed by atoms with Crippen molar-refractivity contribution in [2.24, 2.45) is 0 Å². The number of carbonyl (C=O) groups excluding carboxylic acids is 1. The van der Waals surface area contributed by atoms with Crippen LogP contribution in [0.15, 0.2) is 0 Å². The maximum atomic E-state index is 11.8. The molecule has 0 saturated carbocycles. The number of alkyl halides is 1. The predicted octanol–water partition coefficient (Wildman–Crippen LogP) is 5.86. The van der Waals surface area contributed by atoms with E-state index in [9.17, 15) is 4.79 Å². The van der Waals surface area contributed by atoms with Gasteiger partial charge in [-0.1, -0.05) is 58.8 Å². The summed E-state index contributed by atoms with van der Waals surface area (Å²) in [5.41, 5.74) is 0. The first-order valence-electron chi connectivity index (χ1n) is 8.50. The second-order valence-corrected chi connectivity index (χ2v) is 5.98. The third-order valence-corrected chi connectivity index (χ3v) is 3.84. The molecule has 0 amide bonds. The predicted molar refractivity (Wildman–Crippen MR) is 87.4 cm³/mol. The highest BCUT2D eigenvalue weighted by atomic mass is 35.5. The Bertz CT molecular complexity index is 211. The summed E-state index contributed by atoms with van der Waals surface area (Å²) < 4.78 is 5.62. The van der Waals surface area contributed by atoms with Gasteiger partial charge in [-0.2, -0.15) is 0 Å². The number of hydrogen-bond acceptors (Lipinski definition) is 2. The lowest BCUT2D eigenvalue weighted by molar-refractivity contribution is -0.150. The molecule has 2 nitrogen and oxygen atoms in total. The number of rotatable bonds is 14. The molecule has 0 aromatic heterocycles. The van der Waals surface area contributed by atoms with E-state index in [-0.39, 0.29) is 12.1 Å². The summed E-state index contributed by atoms with van der Waals surface area (Å²) in [4.78, 5) is 11.8. The highest BCUT2D eigenvalue weighted by Gasteiger charge is 2.13. The zero-order valence-electron chi connectivity index (χ0n) is 13.5. The Morgan fingerprint density at radius 3 is 2.00 bits per heavy atom. The van der Waals surface area contributed by atoms with Gasteiger partial charge in [0.05, 0.1) is 0 Å². The molecule has 0 aromatic carbocycles. The molecule has 120 valence electrons. The number of carbonyl (C=O) groups is 1. The fourth-order valence-corrected chi connectivity index (χ4v) is 2.45. The molecule has 0 atom stereocenters. The molecule has 0 unspecified atom stereocenters. The van der Waals surface area contributed by atoms with Crippen molar-refractivity contribution in [1.29, 1.82) is 0 Å². The molecule has 0 aliphatic heterocycles. The van der Waals surface area contributed by atoms with Crippen molar-refractivity contribution in [3.05, 3.63) is 0 Å². The van der Waals surface area contributed by atoms with Crippen LogP contribution in [0.25, 0.3) is 0 Å². The summed E-state index contributed by atoms with van der Waals surface area (Å²) in [5, 5.41) is 0. The van der Waals surface area contributed by atoms with Crippen LogP contribution in [0, 0.1) is 0 Å². The van der Waals surface area contributed by atoms with Gasteiger partial charge in [-0.25, -0.2) is 0 Å². The van der Waals surface area contributed by atoms with Gasteiger partial charge in [0.25, 0.3) is 0 Å². The Labute approximate surface area is 130 Å². The first-order valence-corrected chi connectivity index (χ1v) is 9.03. The molecule has 0 bridgehead atoms. The number of esters is 1. The molecule has 0 aliphatic carbocycles. The van der Waals surface area contributed by atoms with Gasteiger partial charge in [-0.05, 0) is 25.7 Å². The molecule has 0 aromatic rings. The van der Waals surface area contributed by atoms with Crippen LogP contribution >= 0.6 is 11.6 Å². The minimum atomic E-state index is -0.000417. The van der Waals surface area contributed by atoms with Gasteiger partial charge in [0.15, 0.2) is 0 Å². The molecular formula is C17H33ClO2. The van der Waals surface area contributed by atoms with E-state index in [1.54, 1.807) is 0 Å². The quantitative estimate of drug-likeness (QED) is 0.228. The second-order valence-electron chi connectivity index (χ2n) is 5.60. The number of ether oxygens (including phenoxy) is 1. The molecule has 0 fully saturated rings. The van der Waals surface area contributed by atoms with E-state index >= 15 is 0 Å². The van der Waals surface area contributed by atoms with Crippen molar-refractivity contribution in [3.63, 3.8) is 0 Å². The fraction of sp³-hybridized carbons (Fsp3) is 0.941. The Kier molecular flexibility index (Phi) is 15.0. The summed E-state index contributed by atoms with van der Waals surface area (Å²) in [5.74, 6) is 0.748. The fourth-order valence-electron chi connectivity index (χ4n) is 2.26. The Morgan fingerprint density at radius 2 is 1.45 bits per heavy atom. The van der Waals surface area contributed by atoms with Crippen LogP contribution in [-0.4, -0.2) is 18.0 Å². The molecular weight excluding hydrogens is 272 g/mol. The summed E-state index contributed by atoms with van der Waals surface area (Å²) in [6.07, 6.45) is 12.9. The van der Waals surface area contributed by atoms with Crippen molar-refractivity contribution in [2.75, 3.05) is 5.88 Å². The largest absolute Gasteiger partial charge is 0.462 e. The number of hydrogen-bond donors (Lipinski definition) is 0. The minimum absolute atomic E-state index is 0.000417. The smallest absolute Gasteiger partial charge is 0.306 e. The standard InChI is InChI=1S/C17H33ClO2/c1-3-5-12-16(13-6-4-2)20-17(19)14-10-8-7-9-11-15-18/h16H,3-15H2,1-2H3. The molecule has 0 heterocycles. The monoisotopic (exact) mass is 304 g/mol. The van der Waals surface area contributed by atoms with Crippen molar-refractivity contribution in [1.82, 2.24) is 0 Å². The lowest BCUT2D eigenvalue weighted by atomic mass is 10.1. The maximum absolute atomic E-state index is 11.8. The van der Waals surface area contributed by atoms with E-state index < -0.39 is 0 Å². The van der Waals surface area contributed by atoms with Gasteiger partial charge in [0, 0.05) is 12.3 Å². The third kappa shape index (κ3) is 12.8. The van der Waals surface area contributed by atoms with Crippen LogP contribution in [-0.2, 0) is 9.53 Å². The van der Waals surface area contributed by atoms with Gasteiger partial charge in [0.2, 0.25) is 0 Å². The highest BCUT2D eigenvalue weighted by molar-refractivity contribution is 6.17. The highest BCUT2D eigenvalue weighted by Crippen LogP contribution is 2.14. The van der Waals surface area contributed by atoms with E-state index in [1.807, 2.05) is 0 Å². The summed E-state index contributed by atoms with van der Waals surface area (Å²) in [7, 11) is 0. The Hall–Kier alpha value is -0.240. The lowest BCUT2D eigenvalue weighted by Crippen LogP contribution is -2.18. The van der Waals surface area contributed by atoms with Crippen molar-refractivity contribution >= 4 is 17.6 Å². The van der Waals surface area contributed by atoms with Crippen LogP contribution < -0.4 is 0 Å². The molecule has 0 spiro atoms. The first kappa shape index (κ1) is 19.8. The van der Waals surface area contributed by atoms with Crippen molar-refractivity contribution < 1.29 is 9.53 Å². The van der Waals surface area contributed by atoms with Crippen molar-refractivity contribution in [3.8, 4) is 0 Å². The minimum Gasteiger partial charge on any atom is -0.462 e.